The summed E-state index contributed by atoms with van der Waals surface area (Å²) in [5.74, 6) is 0. The minimum atomic E-state index is -0.335. The van der Waals surface area contributed by atoms with Crippen molar-refractivity contribution in [2.45, 2.75) is 11.8 Å². The summed E-state index contributed by atoms with van der Waals surface area (Å²) >= 11 is 6.21. The van der Waals surface area contributed by atoms with Crippen LogP contribution < -0.4 is 0 Å². The fourth-order valence-electron chi connectivity index (χ4n) is 2.12. The normalized spacial score (nSPS) is 22.6. The third kappa shape index (κ3) is 1.64. The molecule has 0 spiro atoms. The maximum atomic E-state index is 6.55. The van der Waals surface area contributed by atoms with E-state index in [1.54, 1.807) is 0 Å². The summed E-state index contributed by atoms with van der Waals surface area (Å²) in [7, 11) is 0. The van der Waals surface area contributed by atoms with Crippen LogP contribution >= 0.6 is 11.6 Å². The van der Waals surface area contributed by atoms with E-state index < -0.39 is 0 Å². The molecule has 0 N–H and O–H groups in total. The molecular weight excluding hydrogens is 313 g/mol. The van der Waals surface area contributed by atoms with Gasteiger partial charge in [-0.05, 0) is 0 Å². The number of hydrogen-bond donors (Lipinski definition) is 0. The summed E-state index contributed by atoms with van der Waals surface area (Å²) < 4.78 is 3.87. The van der Waals surface area contributed by atoms with Crippen molar-refractivity contribution in [3.05, 3.63) is 56.6 Å². The molecule has 0 nitrogen and oxygen atoms in total. The number of alkyl halides is 1. The molecule has 2 heteroatoms. The summed E-state index contributed by atoms with van der Waals surface area (Å²) in [6, 6.07) is 8.56. The van der Waals surface area contributed by atoms with Gasteiger partial charge in [0.25, 0.3) is 0 Å². The summed E-state index contributed by atoms with van der Waals surface area (Å²) in [5.41, 5.74) is 4.21. The van der Waals surface area contributed by atoms with Crippen LogP contribution in [0.4, 0.5) is 0 Å². The minimum absolute atomic E-state index is 0.142. The molecule has 0 aromatic heterocycles. The van der Waals surface area contributed by atoms with Gasteiger partial charge in [-0.2, -0.15) is 0 Å². The molecule has 3 rings (SSSR count). The van der Waals surface area contributed by atoms with Gasteiger partial charge in [0.1, 0.15) is 0 Å². The van der Waals surface area contributed by atoms with Crippen LogP contribution in [-0.4, -0.2) is 25.1 Å². The van der Waals surface area contributed by atoms with Gasteiger partial charge in [0.05, 0.1) is 0 Å². The Morgan fingerprint density at radius 1 is 1.27 bits per heavy atom. The first-order valence-corrected chi connectivity index (χ1v) is 8.20. The zero-order valence-electron chi connectivity index (χ0n) is 8.15. The molecular formula is C13H10ClSb. The fraction of sp³-hybridized carbons (Fsp3) is 0.154. The quantitative estimate of drug-likeness (QED) is 0.509. The van der Waals surface area contributed by atoms with Gasteiger partial charge >= 0.3 is 105 Å². The Morgan fingerprint density at radius 2 is 2.13 bits per heavy atom. The number of fused-ring (bicyclic) bond motifs is 1. The van der Waals surface area contributed by atoms with E-state index in [9.17, 15) is 0 Å². The molecule has 0 saturated heterocycles. The van der Waals surface area contributed by atoms with Crippen molar-refractivity contribution < 1.29 is 0 Å². The van der Waals surface area contributed by atoms with Crippen LogP contribution in [0.5, 0.6) is 0 Å². The van der Waals surface area contributed by atoms with Crippen LogP contribution in [0.3, 0.4) is 0 Å². The average molecular weight is 323 g/mol. The van der Waals surface area contributed by atoms with Gasteiger partial charge in [-0.3, -0.25) is 0 Å². The van der Waals surface area contributed by atoms with Crippen LogP contribution in [-0.2, 0) is 6.42 Å². The van der Waals surface area contributed by atoms with Crippen LogP contribution in [0.1, 0.15) is 16.5 Å². The zero-order chi connectivity index (χ0) is 10.3. The van der Waals surface area contributed by atoms with Gasteiger partial charge < -0.3 is 0 Å². The van der Waals surface area contributed by atoms with Gasteiger partial charge in [0.15, 0.2) is 0 Å². The Balaban J connectivity index is 2.16. The van der Waals surface area contributed by atoms with E-state index in [1.807, 2.05) is 0 Å². The number of hydrogen-bond acceptors (Lipinski definition) is 0. The molecule has 1 aromatic rings. The molecule has 1 aliphatic carbocycles. The van der Waals surface area contributed by atoms with E-state index in [1.165, 1.54) is 20.2 Å². The fourth-order valence-corrected chi connectivity index (χ4v) is 5.49. The number of halogens is 1. The first-order valence-electron chi connectivity index (χ1n) is 5.02. The molecule has 15 heavy (non-hydrogen) atoms. The topological polar surface area (TPSA) is 0 Å². The molecule has 0 bridgehead atoms. The molecule has 1 heterocycles. The van der Waals surface area contributed by atoms with Crippen molar-refractivity contribution >= 4 is 36.7 Å². The third-order valence-corrected chi connectivity index (χ3v) is 7.05. The first-order chi connectivity index (χ1) is 7.36. The zero-order valence-corrected chi connectivity index (χ0v) is 11.5. The molecule has 0 radical (unpaired) electrons. The number of rotatable bonds is 0. The van der Waals surface area contributed by atoms with Crippen LogP contribution in [0.15, 0.2) is 45.5 Å². The van der Waals surface area contributed by atoms with Crippen molar-refractivity contribution in [3.63, 3.8) is 0 Å². The Kier molecular flexibility index (Phi) is 2.58. The van der Waals surface area contributed by atoms with Crippen molar-refractivity contribution in [2.75, 3.05) is 0 Å². The molecule has 1 atom stereocenters. The van der Waals surface area contributed by atoms with Gasteiger partial charge in [-0.25, -0.2) is 0 Å². The Morgan fingerprint density at radius 3 is 3.07 bits per heavy atom. The summed E-state index contributed by atoms with van der Waals surface area (Å²) in [6.07, 6.45) is 5.52. The second kappa shape index (κ2) is 3.92. The molecule has 0 amide bonds. The van der Waals surface area contributed by atoms with Gasteiger partial charge in [0, 0.05) is 0 Å². The first kappa shape index (κ1) is 9.87. The standard InChI is InChI=1S/C13H10Cl.Sb/c1-2-5-10-8-11-6-3-4-7-12(11)13(14)9-10;/h1-7,13H,8H2;. The monoisotopic (exact) mass is 322 g/mol. The van der Waals surface area contributed by atoms with Gasteiger partial charge in [-0.15, -0.1) is 0 Å². The molecule has 1 unspecified atom stereocenters. The molecule has 2 aliphatic rings. The van der Waals surface area contributed by atoms with Crippen molar-refractivity contribution in [2.24, 2.45) is 0 Å². The molecule has 1 aromatic carbocycles. The predicted molar refractivity (Wildman–Crippen MR) is 66.7 cm³/mol. The predicted octanol–water partition coefficient (Wildman–Crippen LogP) is 2.85. The van der Waals surface area contributed by atoms with Crippen LogP contribution in [0.2, 0.25) is 0 Å². The number of allylic oxidation sites excluding steroid dienone is 4. The average Bonchev–Trinajstić information content (AvgIpc) is 2.30. The van der Waals surface area contributed by atoms with Crippen molar-refractivity contribution in [1.29, 1.82) is 0 Å². The van der Waals surface area contributed by atoms with E-state index in [-0.39, 0.29) is 26.5 Å². The molecule has 1 aliphatic heterocycles. The van der Waals surface area contributed by atoms with Gasteiger partial charge in [-0.1, -0.05) is 0 Å². The van der Waals surface area contributed by atoms with E-state index in [2.05, 4.69) is 40.4 Å². The van der Waals surface area contributed by atoms with Crippen LogP contribution in [0, 0.1) is 0 Å². The van der Waals surface area contributed by atoms with Gasteiger partial charge in [0.2, 0.25) is 0 Å². The summed E-state index contributed by atoms with van der Waals surface area (Å²) in [4.78, 5) is 0. The molecule has 0 saturated carbocycles. The second-order valence-electron chi connectivity index (χ2n) is 3.79. The number of benzene rings is 1. The summed E-state index contributed by atoms with van der Waals surface area (Å²) in [5, 5.41) is 0.142. The molecule has 74 valence electrons. The SMILES string of the molecule is ClC1[C]2=C(C=C[CH]=[Sb]2)Cc2ccccc21. The molecule has 0 fully saturated rings. The Bertz CT molecular complexity index is 497. The summed E-state index contributed by atoms with van der Waals surface area (Å²) in [6.45, 7) is 0. The van der Waals surface area contributed by atoms with Crippen LogP contribution in [0.25, 0.3) is 0 Å². The van der Waals surface area contributed by atoms with E-state index in [4.69, 9.17) is 11.6 Å². The second-order valence-corrected chi connectivity index (χ2v) is 7.19. The maximum absolute atomic E-state index is 6.55. The Labute approximate surface area is 105 Å². The Hall–Kier alpha value is -0.322. The van der Waals surface area contributed by atoms with Crippen molar-refractivity contribution in [1.82, 2.24) is 0 Å². The van der Waals surface area contributed by atoms with E-state index >= 15 is 0 Å². The third-order valence-electron chi connectivity index (χ3n) is 2.88. The van der Waals surface area contributed by atoms with E-state index in [0.717, 1.165) is 6.42 Å². The van der Waals surface area contributed by atoms with Crippen molar-refractivity contribution in [3.8, 4) is 0 Å². The van der Waals surface area contributed by atoms with E-state index in [0.29, 0.717) is 0 Å².